The third kappa shape index (κ3) is 3.67. The van der Waals surface area contributed by atoms with Gasteiger partial charge in [0.05, 0.1) is 6.54 Å². The van der Waals surface area contributed by atoms with E-state index in [1.807, 2.05) is 30.0 Å². The molecule has 4 heteroatoms. The molecule has 1 aromatic rings. The van der Waals surface area contributed by atoms with Crippen LogP contribution in [0.15, 0.2) is 35.3 Å². The minimum Gasteiger partial charge on any atom is -0.370 e. The summed E-state index contributed by atoms with van der Waals surface area (Å²) in [5, 5.41) is 4.03. The molecule has 0 aromatic heterocycles. The summed E-state index contributed by atoms with van der Waals surface area (Å²) in [6.07, 6.45) is 5.94. The molecule has 98 valence electrons. The Balaban J connectivity index is 1.85. The molecule has 0 bridgehead atoms. The molecule has 2 unspecified atom stereocenters. The molecular formula is C14H21N3S. The second-order valence-corrected chi connectivity index (χ2v) is 5.72. The van der Waals surface area contributed by atoms with Gasteiger partial charge in [0.2, 0.25) is 0 Å². The van der Waals surface area contributed by atoms with Crippen molar-refractivity contribution >= 4 is 17.7 Å². The molecule has 0 amide bonds. The van der Waals surface area contributed by atoms with Crippen LogP contribution in [0, 0.1) is 0 Å². The number of aliphatic imine (C=N–C) groups is 1. The van der Waals surface area contributed by atoms with Crippen LogP contribution >= 0.6 is 11.8 Å². The van der Waals surface area contributed by atoms with Crippen molar-refractivity contribution in [2.75, 3.05) is 6.26 Å². The Kier molecular flexibility index (Phi) is 4.93. The molecular weight excluding hydrogens is 242 g/mol. The number of nitrogens with zero attached hydrogens (tertiary/aromatic N) is 1. The number of rotatable bonds is 4. The minimum atomic E-state index is 0.486. The highest BCUT2D eigenvalue weighted by molar-refractivity contribution is 7.99. The number of benzene rings is 1. The van der Waals surface area contributed by atoms with E-state index in [0.29, 0.717) is 23.8 Å². The summed E-state index contributed by atoms with van der Waals surface area (Å²) >= 11 is 1.92. The maximum Gasteiger partial charge on any atom is 0.189 e. The highest BCUT2D eigenvalue weighted by atomic mass is 32.2. The van der Waals surface area contributed by atoms with Gasteiger partial charge in [0.1, 0.15) is 0 Å². The molecule has 2 atom stereocenters. The molecule has 18 heavy (non-hydrogen) atoms. The number of hydrogen-bond acceptors (Lipinski definition) is 2. The number of guanidine groups is 1. The van der Waals surface area contributed by atoms with Gasteiger partial charge < -0.3 is 11.1 Å². The molecule has 0 aliphatic heterocycles. The van der Waals surface area contributed by atoms with Crippen LogP contribution in [0.5, 0.6) is 0 Å². The predicted molar refractivity (Wildman–Crippen MR) is 79.8 cm³/mol. The van der Waals surface area contributed by atoms with Crippen LogP contribution in [0.3, 0.4) is 0 Å². The molecule has 1 saturated carbocycles. The van der Waals surface area contributed by atoms with E-state index in [-0.39, 0.29) is 0 Å². The van der Waals surface area contributed by atoms with Crippen LogP contribution in [0.2, 0.25) is 0 Å². The van der Waals surface area contributed by atoms with E-state index in [1.54, 1.807) is 0 Å². The minimum absolute atomic E-state index is 0.486. The van der Waals surface area contributed by atoms with E-state index in [2.05, 4.69) is 28.7 Å². The zero-order valence-corrected chi connectivity index (χ0v) is 11.6. The summed E-state index contributed by atoms with van der Waals surface area (Å²) in [5.74, 6) is 0.574. The zero-order valence-electron chi connectivity index (χ0n) is 10.8. The molecule has 1 fully saturated rings. The normalized spacial score (nSPS) is 24.2. The van der Waals surface area contributed by atoms with E-state index in [9.17, 15) is 0 Å². The summed E-state index contributed by atoms with van der Waals surface area (Å²) < 4.78 is 0. The fourth-order valence-electron chi connectivity index (χ4n) is 2.37. The first-order valence-corrected chi connectivity index (χ1v) is 7.71. The summed E-state index contributed by atoms with van der Waals surface area (Å²) in [7, 11) is 0. The Morgan fingerprint density at radius 2 is 2.17 bits per heavy atom. The Bertz CT molecular complexity index is 391. The molecule has 0 spiro atoms. The first-order valence-electron chi connectivity index (χ1n) is 6.43. The number of thioether (sulfide) groups is 1. The Morgan fingerprint density at radius 3 is 2.89 bits per heavy atom. The van der Waals surface area contributed by atoms with E-state index in [1.165, 1.54) is 24.8 Å². The molecule has 3 nitrogen and oxygen atoms in total. The average Bonchev–Trinajstić information content (AvgIpc) is 2.85. The van der Waals surface area contributed by atoms with Crippen LogP contribution in [-0.4, -0.2) is 23.5 Å². The lowest BCUT2D eigenvalue weighted by Crippen LogP contribution is -2.43. The molecule has 1 aliphatic carbocycles. The highest BCUT2D eigenvalue weighted by Gasteiger charge is 2.26. The average molecular weight is 263 g/mol. The largest absolute Gasteiger partial charge is 0.370 e. The Hall–Kier alpha value is -1.16. The smallest absolute Gasteiger partial charge is 0.189 e. The topological polar surface area (TPSA) is 50.4 Å². The van der Waals surface area contributed by atoms with Gasteiger partial charge in [-0.05, 0) is 24.7 Å². The number of hydrogen-bond donors (Lipinski definition) is 2. The van der Waals surface area contributed by atoms with Gasteiger partial charge in [-0.3, -0.25) is 0 Å². The first kappa shape index (κ1) is 13.3. The first-order chi connectivity index (χ1) is 8.79. The highest BCUT2D eigenvalue weighted by Crippen LogP contribution is 2.28. The van der Waals surface area contributed by atoms with E-state index >= 15 is 0 Å². The van der Waals surface area contributed by atoms with Crippen molar-refractivity contribution in [1.29, 1.82) is 0 Å². The second-order valence-electron chi connectivity index (χ2n) is 4.64. The van der Waals surface area contributed by atoms with Crippen molar-refractivity contribution in [1.82, 2.24) is 5.32 Å². The summed E-state index contributed by atoms with van der Waals surface area (Å²) in [6, 6.07) is 10.7. The van der Waals surface area contributed by atoms with Crippen molar-refractivity contribution in [3.8, 4) is 0 Å². The lowest BCUT2D eigenvalue weighted by atomic mass is 10.2. The van der Waals surface area contributed by atoms with Crippen LogP contribution in [0.1, 0.15) is 24.8 Å². The maximum atomic E-state index is 5.95. The predicted octanol–water partition coefficient (Wildman–Crippen LogP) is 2.38. The van der Waals surface area contributed by atoms with Crippen LogP contribution in [0.4, 0.5) is 0 Å². The lowest BCUT2D eigenvalue weighted by molar-refractivity contribution is 0.636. The molecule has 0 saturated heterocycles. The van der Waals surface area contributed by atoms with Gasteiger partial charge in [-0.15, -0.1) is 0 Å². The van der Waals surface area contributed by atoms with Crippen molar-refractivity contribution in [2.24, 2.45) is 10.7 Å². The van der Waals surface area contributed by atoms with E-state index < -0.39 is 0 Å². The summed E-state index contributed by atoms with van der Waals surface area (Å²) in [6.45, 7) is 0.649. The zero-order chi connectivity index (χ0) is 12.8. The van der Waals surface area contributed by atoms with Crippen LogP contribution < -0.4 is 11.1 Å². The molecule has 0 heterocycles. The summed E-state index contributed by atoms with van der Waals surface area (Å²) in [5.41, 5.74) is 7.14. The SMILES string of the molecule is CSC1CCCC1NC(N)=NCc1ccccc1. The Morgan fingerprint density at radius 1 is 1.39 bits per heavy atom. The van der Waals surface area contributed by atoms with Gasteiger partial charge in [0.25, 0.3) is 0 Å². The van der Waals surface area contributed by atoms with Crippen LogP contribution in [0.25, 0.3) is 0 Å². The van der Waals surface area contributed by atoms with Gasteiger partial charge >= 0.3 is 0 Å². The van der Waals surface area contributed by atoms with E-state index in [0.717, 1.165) is 0 Å². The third-order valence-electron chi connectivity index (χ3n) is 3.36. The van der Waals surface area contributed by atoms with Crippen molar-refractivity contribution < 1.29 is 0 Å². The monoisotopic (exact) mass is 263 g/mol. The molecule has 1 aromatic carbocycles. The van der Waals surface area contributed by atoms with Crippen molar-refractivity contribution in [2.45, 2.75) is 37.1 Å². The van der Waals surface area contributed by atoms with Crippen molar-refractivity contribution in [3.63, 3.8) is 0 Å². The fourth-order valence-corrected chi connectivity index (χ4v) is 3.30. The van der Waals surface area contributed by atoms with Gasteiger partial charge in [-0.1, -0.05) is 36.8 Å². The van der Waals surface area contributed by atoms with E-state index in [4.69, 9.17) is 5.73 Å². The number of nitrogens with two attached hydrogens (primary N) is 1. The van der Waals surface area contributed by atoms with Crippen molar-refractivity contribution in [3.05, 3.63) is 35.9 Å². The number of nitrogens with one attached hydrogen (secondary N) is 1. The fraction of sp³-hybridized carbons (Fsp3) is 0.500. The standard InChI is InChI=1S/C14H21N3S/c1-18-13-9-5-8-12(13)17-14(15)16-10-11-6-3-2-4-7-11/h2-4,6-7,12-13H,5,8-10H2,1H3,(H3,15,16,17). The summed E-state index contributed by atoms with van der Waals surface area (Å²) in [4.78, 5) is 4.40. The molecule has 2 rings (SSSR count). The Labute approximate surface area is 113 Å². The van der Waals surface area contributed by atoms with Crippen LogP contribution in [-0.2, 0) is 6.54 Å². The van der Waals surface area contributed by atoms with Gasteiger partial charge in [0, 0.05) is 11.3 Å². The molecule has 0 radical (unpaired) electrons. The van der Waals surface area contributed by atoms with Gasteiger partial charge in [-0.25, -0.2) is 4.99 Å². The molecule has 3 N–H and O–H groups in total. The lowest BCUT2D eigenvalue weighted by Gasteiger charge is -2.19. The molecule has 1 aliphatic rings. The quantitative estimate of drug-likeness (QED) is 0.648. The van der Waals surface area contributed by atoms with Gasteiger partial charge in [0.15, 0.2) is 5.96 Å². The third-order valence-corrected chi connectivity index (χ3v) is 4.53. The van der Waals surface area contributed by atoms with Gasteiger partial charge in [-0.2, -0.15) is 11.8 Å². The maximum absolute atomic E-state index is 5.95. The second kappa shape index (κ2) is 6.69.